The van der Waals surface area contributed by atoms with Crippen molar-refractivity contribution >= 4 is 5.91 Å². The maximum absolute atomic E-state index is 12.6. The van der Waals surface area contributed by atoms with E-state index in [1.54, 1.807) is 0 Å². The number of hydrogen-bond donors (Lipinski definition) is 1. The monoisotopic (exact) mass is 339 g/mol. The van der Waals surface area contributed by atoms with Gasteiger partial charge in [-0.1, -0.05) is 50.2 Å². The van der Waals surface area contributed by atoms with Gasteiger partial charge in [-0.3, -0.25) is 4.79 Å². The lowest BCUT2D eigenvalue weighted by Crippen LogP contribution is -2.39. The third kappa shape index (κ3) is 5.09. The lowest BCUT2D eigenvalue weighted by molar-refractivity contribution is -0.128. The number of amides is 1. The first-order valence-corrected chi connectivity index (χ1v) is 9.07. The number of hydrogen-bond acceptors (Lipinski definition) is 2. The quantitative estimate of drug-likeness (QED) is 0.779. The molecule has 3 heteroatoms. The van der Waals surface area contributed by atoms with Crippen LogP contribution in [0.1, 0.15) is 55.5 Å². The van der Waals surface area contributed by atoms with Crippen LogP contribution in [-0.2, 0) is 11.2 Å². The summed E-state index contributed by atoms with van der Waals surface area (Å²) in [5.41, 5.74) is 4.57. The molecule has 0 fully saturated rings. The zero-order chi connectivity index (χ0) is 18.4. The van der Waals surface area contributed by atoms with Gasteiger partial charge in [-0.25, -0.2) is 0 Å². The van der Waals surface area contributed by atoms with Crippen LogP contribution >= 0.6 is 0 Å². The van der Waals surface area contributed by atoms with Crippen molar-refractivity contribution in [2.45, 2.75) is 59.6 Å². The van der Waals surface area contributed by atoms with E-state index in [0.29, 0.717) is 6.42 Å². The first kappa shape index (κ1) is 19.0. The van der Waals surface area contributed by atoms with Crippen LogP contribution < -0.4 is 10.1 Å². The molecular formula is C22H29NO2. The summed E-state index contributed by atoms with van der Waals surface area (Å²) in [4.78, 5) is 12.6. The smallest absolute Gasteiger partial charge is 0.261 e. The van der Waals surface area contributed by atoms with Crippen molar-refractivity contribution in [3.63, 3.8) is 0 Å². The van der Waals surface area contributed by atoms with Gasteiger partial charge in [-0.15, -0.1) is 0 Å². The number of aryl methyl sites for hydroxylation is 3. The van der Waals surface area contributed by atoms with Crippen LogP contribution in [0, 0.1) is 13.8 Å². The summed E-state index contributed by atoms with van der Waals surface area (Å²) in [6, 6.07) is 14.4. The van der Waals surface area contributed by atoms with E-state index in [4.69, 9.17) is 4.74 Å². The van der Waals surface area contributed by atoms with Gasteiger partial charge in [0.2, 0.25) is 0 Å². The lowest BCUT2D eigenvalue weighted by atomic mass is 10.0. The molecule has 0 saturated heterocycles. The molecule has 0 heterocycles. The van der Waals surface area contributed by atoms with Crippen molar-refractivity contribution in [1.82, 2.24) is 5.32 Å². The van der Waals surface area contributed by atoms with Gasteiger partial charge in [0.25, 0.3) is 5.91 Å². The molecule has 0 saturated carbocycles. The molecule has 0 radical (unpaired) electrons. The normalized spacial score (nSPS) is 13.2. The fourth-order valence-electron chi connectivity index (χ4n) is 2.74. The highest BCUT2D eigenvalue weighted by molar-refractivity contribution is 5.81. The molecule has 25 heavy (non-hydrogen) atoms. The average molecular weight is 339 g/mol. The van der Waals surface area contributed by atoms with E-state index >= 15 is 0 Å². The van der Waals surface area contributed by atoms with Crippen molar-refractivity contribution in [3.8, 4) is 5.75 Å². The molecule has 0 aromatic heterocycles. The Morgan fingerprint density at radius 1 is 1.08 bits per heavy atom. The van der Waals surface area contributed by atoms with Crippen molar-refractivity contribution < 1.29 is 9.53 Å². The van der Waals surface area contributed by atoms with E-state index in [1.165, 1.54) is 5.56 Å². The van der Waals surface area contributed by atoms with Crippen LogP contribution in [0.4, 0.5) is 0 Å². The fraction of sp³-hybridized carbons (Fsp3) is 0.409. The minimum atomic E-state index is -0.488. The second kappa shape index (κ2) is 8.70. The maximum Gasteiger partial charge on any atom is 0.261 e. The van der Waals surface area contributed by atoms with Crippen molar-refractivity contribution in [2.75, 3.05) is 0 Å². The summed E-state index contributed by atoms with van der Waals surface area (Å²) in [7, 11) is 0. The highest BCUT2D eigenvalue weighted by Gasteiger charge is 2.21. The van der Waals surface area contributed by atoms with Crippen molar-refractivity contribution in [3.05, 3.63) is 64.7 Å². The molecule has 2 atom stereocenters. The molecule has 0 bridgehead atoms. The van der Waals surface area contributed by atoms with E-state index in [0.717, 1.165) is 28.9 Å². The SMILES string of the molecule is CCc1ccc(C(C)NC(=O)C(CC)Oc2cc(C)ccc2C)cc1. The number of ether oxygens (including phenoxy) is 1. The fourth-order valence-corrected chi connectivity index (χ4v) is 2.74. The predicted octanol–water partition coefficient (Wildman–Crippen LogP) is 4.90. The third-order valence-corrected chi connectivity index (χ3v) is 4.52. The minimum absolute atomic E-state index is 0.0466. The Bertz CT molecular complexity index is 706. The summed E-state index contributed by atoms with van der Waals surface area (Å²) in [5.74, 6) is 0.706. The van der Waals surface area contributed by atoms with Gasteiger partial charge < -0.3 is 10.1 Å². The molecule has 0 aliphatic carbocycles. The summed E-state index contributed by atoms with van der Waals surface area (Å²) < 4.78 is 6.00. The number of carbonyl (C=O) groups excluding carboxylic acids is 1. The second-order valence-corrected chi connectivity index (χ2v) is 6.61. The Hall–Kier alpha value is -2.29. The lowest BCUT2D eigenvalue weighted by Gasteiger charge is -2.22. The molecule has 2 rings (SSSR count). The van der Waals surface area contributed by atoms with Gasteiger partial charge in [-0.05, 0) is 61.9 Å². The molecule has 2 unspecified atom stereocenters. The van der Waals surface area contributed by atoms with Gasteiger partial charge in [0.15, 0.2) is 6.10 Å². The molecule has 0 aliphatic rings. The molecule has 0 spiro atoms. The maximum atomic E-state index is 12.6. The summed E-state index contributed by atoms with van der Waals surface area (Å²) in [5, 5.41) is 3.08. The minimum Gasteiger partial charge on any atom is -0.480 e. The van der Waals surface area contributed by atoms with Gasteiger partial charge in [0, 0.05) is 0 Å². The average Bonchev–Trinajstić information content (AvgIpc) is 2.62. The van der Waals surface area contributed by atoms with Gasteiger partial charge in [0.05, 0.1) is 6.04 Å². The highest BCUT2D eigenvalue weighted by atomic mass is 16.5. The van der Waals surface area contributed by atoms with Crippen LogP contribution in [0.3, 0.4) is 0 Å². The van der Waals surface area contributed by atoms with Gasteiger partial charge in [-0.2, -0.15) is 0 Å². The van der Waals surface area contributed by atoms with E-state index < -0.39 is 6.10 Å². The zero-order valence-electron chi connectivity index (χ0n) is 15.9. The second-order valence-electron chi connectivity index (χ2n) is 6.61. The Balaban J connectivity index is 2.04. The van der Waals surface area contributed by atoms with E-state index in [9.17, 15) is 4.79 Å². The van der Waals surface area contributed by atoms with Gasteiger partial charge in [0.1, 0.15) is 5.75 Å². The van der Waals surface area contributed by atoms with Crippen LogP contribution in [-0.4, -0.2) is 12.0 Å². The first-order valence-electron chi connectivity index (χ1n) is 9.07. The number of benzene rings is 2. The van der Waals surface area contributed by atoms with Crippen LogP contribution in [0.25, 0.3) is 0 Å². The molecule has 0 aliphatic heterocycles. The van der Waals surface area contributed by atoms with E-state index in [1.807, 2.05) is 45.9 Å². The molecule has 134 valence electrons. The third-order valence-electron chi connectivity index (χ3n) is 4.52. The predicted molar refractivity (Wildman–Crippen MR) is 103 cm³/mol. The summed E-state index contributed by atoms with van der Waals surface area (Å²) >= 11 is 0. The van der Waals surface area contributed by atoms with Crippen LogP contribution in [0.5, 0.6) is 5.75 Å². The van der Waals surface area contributed by atoms with Crippen LogP contribution in [0.15, 0.2) is 42.5 Å². The van der Waals surface area contributed by atoms with E-state index in [-0.39, 0.29) is 11.9 Å². The highest BCUT2D eigenvalue weighted by Crippen LogP contribution is 2.22. The van der Waals surface area contributed by atoms with Crippen LogP contribution in [0.2, 0.25) is 0 Å². The topological polar surface area (TPSA) is 38.3 Å². The first-order chi connectivity index (χ1) is 11.9. The van der Waals surface area contributed by atoms with E-state index in [2.05, 4.69) is 36.5 Å². The number of nitrogens with one attached hydrogen (secondary N) is 1. The molecule has 1 N–H and O–H groups in total. The number of carbonyl (C=O) groups is 1. The summed E-state index contributed by atoms with van der Waals surface area (Å²) in [6.45, 7) is 10.1. The standard InChI is InChI=1S/C22H29NO2/c1-6-18-10-12-19(13-11-18)17(5)23-22(24)20(7-2)25-21-14-15(3)8-9-16(21)4/h8-14,17,20H,6-7H2,1-5H3,(H,23,24). The Morgan fingerprint density at radius 3 is 2.36 bits per heavy atom. The molecule has 2 aromatic rings. The Morgan fingerprint density at radius 2 is 1.76 bits per heavy atom. The molecule has 3 nitrogen and oxygen atoms in total. The zero-order valence-corrected chi connectivity index (χ0v) is 15.9. The van der Waals surface area contributed by atoms with Crippen molar-refractivity contribution in [2.24, 2.45) is 0 Å². The van der Waals surface area contributed by atoms with Gasteiger partial charge >= 0.3 is 0 Å². The largest absolute Gasteiger partial charge is 0.480 e. The summed E-state index contributed by atoms with van der Waals surface area (Å²) in [6.07, 6.45) is 1.15. The molecule has 2 aromatic carbocycles. The molecular weight excluding hydrogens is 310 g/mol. The Labute approximate surface area is 151 Å². The Kier molecular flexibility index (Phi) is 6.63. The molecule has 1 amide bonds. The van der Waals surface area contributed by atoms with Crippen molar-refractivity contribution in [1.29, 1.82) is 0 Å². The number of rotatable bonds is 7.